The van der Waals surface area contributed by atoms with E-state index < -0.39 is 24.1 Å². The first-order chi connectivity index (χ1) is 11.4. The molecule has 0 aliphatic rings. The molecule has 0 radical (unpaired) electrons. The Hall–Kier alpha value is -2.54. The first-order valence-corrected chi connectivity index (χ1v) is 7.11. The number of ether oxygens (including phenoxy) is 3. The monoisotopic (exact) mass is 357 g/mol. The third kappa shape index (κ3) is 4.26. The third-order valence-electron chi connectivity index (χ3n) is 3.01. The molecule has 128 valence electrons. The zero-order chi connectivity index (χ0) is 17.7. The summed E-state index contributed by atoms with van der Waals surface area (Å²) in [5.74, 6) is -1.86. The molecule has 0 saturated carbocycles. The minimum atomic E-state index is -1.06. The molecule has 1 amide bonds. The third-order valence-corrected chi connectivity index (χ3v) is 3.30. The van der Waals surface area contributed by atoms with Crippen molar-refractivity contribution in [3.05, 3.63) is 47.0 Å². The van der Waals surface area contributed by atoms with Crippen LogP contribution in [0.4, 0.5) is 14.5 Å². The number of carbonyl (C=O) groups excluding carboxylic acids is 1. The smallest absolute Gasteiger partial charge is 0.262 e. The molecule has 0 aliphatic heterocycles. The van der Waals surface area contributed by atoms with Crippen molar-refractivity contribution in [1.29, 1.82) is 0 Å². The fraction of sp³-hybridized carbons (Fsp3) is 0.188. The van der Waals surface area contributed by atoms with Gasteiger partial charge in [0.05, 0.1) is 24.9 Å². The van der Waals surface area contributed by atoms with Crippen LogP contribution in [0.5, 0.6) is 17.2 Å². The Bertz CT molecular complexity index is 755. The van der Waals surface area contributed by atoms with Crippen LogP contribution in [0, 0.1) is 11.6 Å². The summed E-state index contributed by atoms with van der Waals surface area (Å²) in [6, 6.07) is 5.98. The second-order valence-corrected chi connectivity index (χ2v) is 5.01. The van der Waals surface area contributed by atoms with Gasteiger partial charge in [0.2, 0.25) is 0 Å². The Kier molecular flexibility index (Phi) is 5.81. The van der Waals surface area contributed by atoms with Crippen molar-refractivity contribution in [3.63, 3.8) is 0 Å². The molecule has 0 aromatic heterocycles. The van der Waals surface area contributed by atoms with Crippen LogP contribution < -0.4 is 19.5 Å². The molecule has 0 aliphatic carbocycles. The maximum Gasteiger partial charge on any atom is 0.262 e. The number of hydrogen-bond acceptors (Lipinski definition) is 4. The quantitative estimate of drug-likeness (QED) is 0.857. The summed E-state index contributed by atoms with van der Waals surface area (Å²) in [6.45, 7) is -0.404. The van der Waals surface area contributed by atoms with E-state index in [1.54, 1.807) is 0 Å². The van der Waals surface area contributed by atoms with Gasteiger partial charge in [-0.2, -0.15) is 0 Å². The van der Waals surface area contributed by atoms with Crippen LogP contribution in [0.25, 0.3) is 0 Å². The lowest BCUT2D eigenvalue weighted by molar-refractivity contribution is -0.118. The summed E-state index contributed by atoms with van der Waals surface area (Å²) in [6.07, 6.45) is 0. The molecule has 0 heterocycles. The number of hydrogen-bond donors (Lipinski definition) is 1. The molecule has 0 atom stereocenters. The number of rotatable bonds is 6. The fourth-order valence-corrected chi connectivity index (χ4v) is 2.09. The van der Waals surface area contributed by atoms with Gasteiger partial charge in [0.1, 0.15) is 17.2 Å². The first-order valence-electron chi connectivity index (χ1n) is 6.73. The van der Waals surface area contributed by atoms with Gasteiger partial charge in [-0.1, -0.05) is 11.6 Å². The standard InChI is InChI=1S/C16H14ClF2NO4/c1-22-14-7-13(15(23-2)6-10(14)17)20-16(21)8-24-9-3-4-11(18)12(19)5-9/h3-7H,8H2,1-2H3,(H,20,21). The topological polar surface area (TPSA) is 56.8 Å². The average Bonchev–Trinajstić information content (AvgIpc) is 2.57. The molecule has 1 N–H and O–H groups in total. The summed E-state index contributed by atoms with van der Waals surface area (Å²) in [4.78, 5) is 12.0. The summed E-state index contributed by atoms with van der Waals surface area (Å²) >= 11 is 5.98. The van der Waals surface area contributed by atoms with E-state index >= 15 is 0 Å². The normalized spacial score (nSPS) is 10.2. The number of methoxy groups -OCH3 is 2. The van der Waals surface area contributed by atoms with Gasteiger partial charge in [0.15, 0.2) is 18.2 Å². The maximum atomic E-state index is 13.1. The van der Waals surface area contributed by atoms with Gasteiger partial charge in [0, 0.05) is 18.2 Å². The molecular formula is C16H14ClF2NO4. The Morgan fingerprint density at radius 2 is 1.79 bits per heavy atom. The van der Waals surface area contributed by atoms with Crippen molar-refractivity contribution < 1.29 is 27.8 Å². The van der Waals surface area contributed by atoms with Crippen LogP contribution >= 0.6 is 11.6 Å². The number of carbonyl (C=O) groups is 1. The minimum absolute atomic E-state index is 0.0321. The molecular weight excluding hydrogens is 344 g/mol. The lowest BCUT2D eigenvalue weighted by Gasteiger charge is -2.13. The summed E-state index contributed by atoms with van der Waals surface area (Å²) in [5.41, 5.74) is 0.331. The molecule has 0 fully saturated rings. The van der Waals surface area contributed by atoms with E-state index in [0.29, 0.717) is 22.2 Å². The van der Waals surface area contributed by atoms with E-state index in [0.717, 1.165) is 12.1 Å². The molecule has 2 aromatic rings. The molecule has 24 heavy (non-hydrogen) atoms. The van der Waals surface area contributed by atoms with E-state index in [9.17, 15) is 13.6 Å². The molecule has 0 spiro atoms. The summed E-state index contributed by atoms with van der Waals surface area (Å²) in [5, 5.41) is 2.89. The van der Waals surface area contributed by atoms with Crippen molar-refractivity contribution in [3.8, 4) is 17.2 Å². The van der Waals surface area contributed by atoms with Crippen molar-refractivity contribution in [2.24, 2.45) is 0 Å². The highest BCUT2D eigenvalue weighted by molar-refractivity contribution is 6.32. The molecule has 0 unspecified atom stereocenters. The van der Waals surface area contributed by atoms with E-state index in [2.05, 4.69) is 5.32 Å². The SMILES string of the molecule is COc1cc(NC(=O)COc2ccc(F)c(F)c2)c(OC)cc1Cl. The van der Waals surface area contributed by atoms with Crippen LogP contribution in [0.2, 0.25) is 5.02 Å². The van der Waals surface area contributed by atoms with Crippen LogP contribution in [0.1, 0.15) is 0 Å². The second kappa shape index (κ2) is 7.83. The zero-order valence-electron chi connectivity index (χ0n) is 12.9. The Morgan fingerprint density at radius 3 is 2.42 bits per heavy atom. The largest absolute Gasteiger partial charge is 0.495 e. The van der Waals surface area contributed by atoms with Gasteiger partial charge in [-0.25, -0.2) is 8.78 Å². The second-order valence-electron chi connectivity index (χ2n) is 4.60. The first kappa shape index (κ1) is 17.8. The van der Waals surface area contributed by atoms with Gasteiger partial charge in [-0.05, 0) is 12.1 Å². The van der Waals surface area contributed by atoms with Crippen LogP contribution in [-0.4, -0.2) is 26.7 Å². The summed E-state index contributed by atoms with van der Waals surface area (Å²) < 4.78 is 41.2. The lowest BCUT2D eigenvalue weighted by atomic mass is 10.2. The molecule has 5 nitrogen and oxygen atoms in total. The Morgan fingerprint density at radius 1 is 1.08 bits per heavy atom. The predicted octanol–water partition coefficient (Wildman–Crippen LogP) is 3.65. The molecule has 0 saturated heterocycles. The van der Waals surface area contributed by atoms with Crippen LogP contribution in [0.3, 0.4) is 0 Å². The van der Waals surface area contributed by atoms with E-state index in [-0.39, 0.29) is 5.75 Å². The highest BCUT2D eigenvalue weighted by Gasteiger charge is 2.13. The number of benzene rings is 2. The Labute approximate surface area is 142 Å². The van der Waals surface area contributed by atoms with Crippen molar-refractivity contribution in [2.45, 2.75) is 0 Å². The molecule has 2 aromatic carbocycles. The lowest BCUT2D eigenvalue weighted by Crippen LogP contribution is -2.20. The zero-order valence-corrected chi connectivity index (χ0v) is 13.6. The summed E-state index contributed by atoms with van der Waals surface area (Å²) in [7, 11) is 2.86. The number of halogens is 3. The molecule has 2 rings (SSSR count). The fourth-order valence-electron chi connectivity index (χ4n) is 1.86. The van der Waals surface area contributed by atoms with Gasteiger partial charge in [-0.15, -0.1) is 0 Å². The minimum Gasteiger partial charge on any atom is -0.495 e. The maximum absolute atomic E-state index is 13.1. The van der Waals surface area contributed by atoms with E-state index in [1.807, 2.05) is 0 Å². The van der Waals surface area contributed by atoms with Crippen LogP contribution in [-0.2, 0) is 4.79 Å². The number of anilines is 1. The highest BCUT2D eigenvalue weighted by atomic mass is 35.5. The molecule has 8 heteroatoms. The Balaban J connectivity index is 2.05. The van der Waals surface area contributed by atoms with Crippen LogP contribution in [0.15, 0.2) is 30.3 Å². The van der Waals surface area contributed by atoms with Gasteiger partial charge in [-0.3, -0.25) is 4.79 Å². The van der Waals surface area contributed by atoms with Gasteiger partial charge in [0.25, 0.3) is 5.91 Å². The van der Waals surface area contributed by atoms with Crippen molar-refractivity contribution in [1.82, 2.24) is 0 Å². The predicted molar refractivity (Wildman–Crippen MR) is 85.0 cm³/mol. The van der Waals surface area contributed by atoms with Gasteiger partial charge >= 0.3 is 0 Å². The highest BCUT2D eigenvalue weighted by Crippen LogP contribution is 2.35. The number of nitrogens with one attached hydrogen (secondary N) is 1. The average molecular weight is 358 g/mol. The molecule has 0 bridgehead atoms. The van der Waals surface area contributed by atoms with Crippen molar-refractivity contribution in [2.75, 3.05) is 26.1 Å². The van der Waals surface area contributed by atoms with E-state index in [1.165, 1.54) is 32.4 Å². The van der Waals surface area contributed by atoms with E-state index in [4.69, 9.17) is 25.8 Å². The van der Waals surface area contributed by atoms with Gasteiger partial charge < -0.3 is 19.5 Å². The van der Waals surface area contributed by atoms with Crippen molar-refractivity contribution >= 4 is 23.2 Å². The number of amides is 1.